The second-order valence-corrected chi connectivity index (χ2v) is 5.06. The van der Waals surface area contributed by atoms with Gasteiger partial charge in [-0.1, -0.05) is 23.2 Å². The van der Waals surface area contributed by atoms with E-state index in [0.29, 0.717) is 22.2 Å². The molecule has 0 unspecified atom stereocenters. The SMILES string of the molecule is Cc1n[nH]c(C)c1CNC(=O)c1cc(Cl)ccc1Cl. The molecule has 19 heavy (non-hydrogen) atoms. The third-order valence-corrected chi connectivity index (χ3v) is 3.44. The highest BCUT2D eigenvalue weighted by Crippen LogP contribution is 2.20. The summed E-state index contributed by atoms with van der Waals surface area (Å²) in [5, 5.41) is 10.6. The van der Waals surface area contributed by atoms with Gasteiger partial charge in [0, 0.05) is 22.8 Å². The van der Waals surface area contributed by atoms with Crippen LogP contribution in [0.4, 0.5) is 0 Å². The van der Waals surface area contributed by atoms with Crippen molar-refractivity contribution in [2.45, 2.75) is 20.4 Å². The monoisotopic (exact) mass is 297 g/mol. The zero-order valence-corrected chi connectivity index (χ0v) is 12.1. The number of H-pyrrole nitrogens is 1. The molecule has 1 aromatic heterocycles. The van der Waals surface area contributed by atoms with Gasteiger partial charge in [-0.05, 0) is 32.0 Å². The van der Waals surface area contributed by atoms with E-state index in [2.05, 4.69) is 15.5 Å². The Kier molecular flexibility index (Phi) is 4.12. The van der Waals surface area contributed by atoms with Gasteiger partial charge in [-0.3, -0.25) is 9.89 Å². The molecule has 2 rings (SSSR count). The van der Waals surface area contributed by atoms with Crippen LogP contribution in [0.1, 0.15) is 27.3 Å². The fourth-order valence-corrected chi connectivity index (χ4v) is 2.15. The Labute approximate surface area is 121 Å². The molecule has 1 amide bonds. The number of aryl methyl sites for hydroxylation is 2. The highest BCUT2D eigenvalue weighted by Gasteiger charge is 2.12. The molecule has 0 aliphatic rings. The molecule has 0 atom stereocenters. The van der Waals surface area contributed by atoms with Gasteiger partial charge in [0.15, 0.2) is 0 Å². The number of halogens is 2. The molecule has 0 spiro atoms. The van der Waals surface area contributed by atoms with Crippen LogP contribution in [-0.4, -0.2) is 16.1 Å². The van der Waals surface area contributed by atoms with E-state index in [1.807, 2.05) is 13.8 Å². The summed E-state index contributed by atoms with van der Waals surface area (Å²) in [5.41, 5.74) is 3.16. The summed E-state index contributed by atoms with van der Waals surface area (Å²) in [6, 6.07) is 4.80. The largest absolute Gasteiger partial charge is 0.348 e. The van der Waals surface area contributed by atoms with Gasteiger partial charge >= 0.3 is 0 Å². The Bertz CT molecular complexity index is 603. The first-order valence-electron chi connectivity index (χ1n) is 5.72. The van der Waals surface area contributed by atoms with Gasteiger partial charge in [-0.15, -0.1) is 0 Å². The number of rotatable bonds is 3. The van der Waals surface area contributed by atoms with Crippen LogP contribution in [0, 0.1) is 13.8 Å². The summed E-state index contributed by atoms with van der Waals surface area (Å²) < 4.78 is 0. The van der Waals surface area contributed by atoms with Crippen LogP contribution in [0.2, 0.25) is 10.0 Å². The van der Waals surface area contributed by atoms with Crippen molar-refractivity contribution in [3.63, 3.8) is 0 Å². The zero-order chi connectivity index (χ0) is 14.0. The Morgan fingerprint density at radius 3 is 2.74 bits per heavy atom. The van der Waals surface area contributed by atoms with Gasteiger partial charge in [-0.25, -0.2) is 0 Å². The van der Waals surface area contributed by atoms with Gasteiger partial charge in [-0.2, -0.15) is 5.10 Å². The lowest BCUT2D eigenvalue weighted by Gasteiger charge is -2.07. The number of aromatic nitrogens is 2. The molecule has 4 nitrogen and oxygen atoms in total. The molecule has 100 valence electrons. The first kappa shape index (κ1) is 13.9. The fraction of sp³-hybridized carbons (Fsp3) is 0.231. The standard InChI is InChI=1S/C13H13Cl2N3O/c1-7-11(8(2)18-17-7)6-16-13(19)10-5-9(14)3-4-12(10)15/h3-5H,6H2,1-2H3,(H,16,19)(H,17,18). The predicted octanol–water partition coefficient (Wildman–Crippen LogP) is 3.26. The number of aromatic amines is 1. The van der Waals surface area contributed by atoms with Crippen molar-refractivity contribution in [2.75, 3.05) is 0 Å². The van der Waals surface area contributed by atoms with Crippen LogP contribution in [0.3, 0.4) is 0 Å². The van der Waals surface area contributed by atoms with Gasteiger partial charge in [0.1, 0.15) is 0 Å². The van der Waals surface area contributed by atoms with E-state index < -0.39 is 0 Å². The van der Waals surface area contributed by atoms with E-state index in [-0.39, 0.29) is 5.91 Å². The molecule has 2 aromatic rings. The molecule has 2 N–H and O–H groups in total. The van der Waals surface area contributed by atoms with Crippen LogP contribution in [0.15, 0.2) is 18.2 Å². The van der Waals surface area contributed by atoms with Crippen LogP contribution in [0.25, 0.3) is 0 Å². The van der Waals surface area contributed by atoms with Crippen molar-refractivity contribution in [3.05, 3.63) is 50.8 Å². The van der Waals surface area contributed by atoms with Crippen LogP contribution in [-0.2, 0) is 6.54 Å². The molecular weight excluding hydrogens is 285 g/mol. The number of hydrogen-bond acceptors (Lipinski definition) is 2. The normalized spacial score (nSPS) is 10.5. The number of benzene rings is 1. The molecule has 1 heterocycles. The van der Waals surface area contributed by atoms with Crippen molar-refractivity contribution < 1.29 is 4.79 Å². The summed E-state index contributed by atoms with van der Waals surface area (Å²) >= 11 is 11.8. The van der Waals surface area contributed by atoms with E-state index >= 15 is 0 Å². The van der Waals surface area contributed by atoms with Crippen molar-refractivity contribution in [2.24, 2.45) is 0 Å². The lowest BCUT2D eigenvalue weighted by Crippen LogP contribution is -2.23. The number of nitrogens with one attached hydrogen (secondary N) is 2. The van der Waals surface area contributed by atoms with Crippen molar-refractivity contribution in [3.8, 4) is 0 Å². The Balaban J connectivity index is 2.12. The predicted molar refractivity (Wildman–Crippen MR) is 75.7 cm³/mol. The van der Waals surface area contributed by atoms with E-state index in [1.54, 1.807) is 18.2 Å². The fourth-order valence-electron chi connectivity index (χ4n) is 1.77. The van der Waals surface area contributed by atoms with E-state index in [0.717, 1.165) is 17.0 Å². The molecule has 0 radical (unpaired) electrons. The first-order valence-corrected chi connectivity index (χ1v) is 6.48. The summed E-state index contributed by atoms with van der Waals surface area (Å²) in [6.45, 7) is 4.20. The minimum absolute atomic E-state index is 0.257. The topological polar surface area (TPSA) is 57.8 Å². The molecule has 0 aliphatic carbocycles. The molecular formula is C13H13Cl2N3O. The third-order valence-electron chi connectivity index (χ3n) is 2.88. The number of hydrogen-bond donors (Lipinski definition) is 2. The average Bonchev–Trinajstić information content (AvgIpc) is 2.69. The van der Waals surface area contributed by atoms with E-state index in [1.165, 1.54) is 0 Å². The van der Waals surface area contributed by atoms with Gasteiger partial charge in [0.2, 0.25) is 0 Å². The average molecular weight is 298 g/mol. The summed E-state index contributed by atoms with van der Waals surface area (Å²) in [6.07, 6.45) is 0. The summed E-state index contributed by atoms with van der Waals surface area (Å²) in [7, 11) is 0. The van der Waals surface area contributed by atoms with Crippen LogP contribution < -0.4 is 5.32 Å². The number of amides is 1. The molecule has 0 saturated carbocycles. The van der Waals surface area contributed by atoms with Crippen molar-refractivity contribution in [1.29, 1.82) is 0 Å². The third kappa shape index (κ3) is 3.08. The second kappa shape index (κ2) is 5.63. The molecule has 0 bridgehead atoms. The van der Waals surface area contributed by atoms with Crippen LogP contribution >= 0.6 is 23.2 Å². The number of nitrogens with zero attached hydrogens (tertiary/aromatic N) is 1. The smallest absolute Gasteiger partial charge is 0.253 e. The maximum Gasteiger partial charge on any atom is 0.253 e. The summed E-state index contributed by atoms with van der Waals surface area (Å²) in [5.74, 6) is -0.257. The lowest BCUT2D eigenvalue weighted by atomic mass is 10.1. The van der Waals surface area contributed by atoms with Gasteiger partial charge in [0.25, 0.3) is 5.91 Å². The molecule has 1 aromatic carbocycles. The zero-order valence-electron chi connectivity index (χ0n) is 10.6. The van der Waals surface area contributed by atoms with Gasteiger partial charge < -0.3 is 5.32 Å². The first-order chi connectivity index (χ1) is 8.99. The molecule has 6 heteroatoms. The minimum Gasteiger partial charge on any atom is -0.348 e. The Morgan fingerprint density at radius 1 is 1.37 bits per heavy atom. The molecule has 0 aliphatic heterocycles. The Morgan fingerprint density at radius 2 is 2.11 bits per heavy atom. The highest BCUT2D eigenvalue weighted by molar-refractivity contribution is 6.35. The Hall–Kier alpha value is -1.52. The van der Waals surface area contributed by atoms with E-state index in [9.17, 15) is 4.79 Å². The number of carbonyl (C=O) groups excluding carboxylic acids is 1. The quantitative estimate of drug-likeness (QED) is 0.913. The van der Waals surface area contributed by atoms with Crippen molar-refractivity contribution in [1.82, 2.24) is 15.5 Å². The maximum absolute atomic E-state index is 12.1. The maximum atomic E-state index is 12.1. The number of carbonyl (C=O) groups is 1. The highest BCUT2D eigenvalue weighted by atomic mass is 35.5. The van der Waals surface area contributed by atoms with Crippen LogP contribution in [0.5, 0.6) is 0 Å². The lowest BCUT2D eigenvalue weighted by molar-refractivity contribution is 0.0951. The van der Waals surface area contributed by atoms with E-state index in [4.69, 9.17) is 23.2 Å². The molecule has 0 saturated heterocycles. The van der Waals surface area contributed by atoms with Crippen molar-refractivity contribution >= 4 is 29.1 Å². The van der Waals surface area contributed by atoms with Gasteiger partial charge in [0.05, 0.1) is 16.3 Å². The second-order valence-electron chi connectivity index (χ2n) is 4.22. The molecule has 0 fully saturated rings. The minimum atomic E-state index is -0.257. The summed E-state index contributed by atoms with van der Waals surface area (Å²) in [4.78, 5) is 12.1.